The number of piperidine rings is 1. The zero-order chi connectivity index (χ0) is 24.3. The average molecular weight is 494 g/mol. The van der Waals surface area contributed by atoms with E-state index >= 15 is 0 Å². The number of nitrogens with one attached hydrogen (secondary N) is 3. The van der Waals surface area contributed by atoms with E-state index in [4.69, 9.17) is 5.73 Å². The molecule has 5 N–H and O–H groups in total. The van der Waals surface area contributed by atoms with Crippen molar-refractivity contribution in [3.05, 3.63) is 35.9 Å². The van der Waals surface area contributed by atoms with Crippen LogP contribution in [0.15, 0.2) is 40.1 Å². The number of hydrogen-bond acceptors (Lipinski definition) is 6. The summed E-state index contributed by atoms with van der Waals surface area (Å²) in [6, 6.07) is 8.72. The Bertz CT molecular complexity index is 987. The van der Waals surface area contributed by atoms with Gasteiger partial charge in [0.15, 0.2) is 0 Å². The van der Waals surface area contributed by atoms with Gasteiger partial charge in [0.05, 0.1) is 22.6 Å². The van der Waals surface area contributed by atoms with Gasteiger partial charge in [-0.25, -0.2) is 0 Å². The van der Waals surface area contributed by atoms with E-state index in [0.717, 1.165) is 48.9 Å². The molecule has 9 heteroatoms. The Morgan fingerprint density at radius 1 is 1.06 bits per heavy atom. The number of halogens is 3. The summed E-state index contributed by atoms with van der Waals surface area (Å²) < 4.78 is 41.0. The Morgan fingerprint density at radius 3 is 2.53 bits per heavy atom. The third-order valence-electron chi connectivity index (χ3n) is 6.28. The second kappa shape index (κ2) is 10.7. The van der Waals surface area contributed by atoms with Gasteiger partial charge in [0.1, 0.15) is 0 Å². The molecule has 34 heavy (non-hydrogen) atoms. The Balaban J connectivity index is 1.56. The number of anilines is 4. The maximum absolute atomic E-state index is 13.7. The lowest BCUT2D eigenvalue weighted by Gasteiger charge is -2.37. The molecule has 2 atom stereocenters. The molecule has 1 fully saturated rings. The summed E-state index contributed by atoms with van der Waals surface area (Å²) in [5.41, 5.74) is 8.07. The Kier molecular flexibility index (Phi) is 7.84. The lowest BCUT2D eigenvalue weighted by Crippen LogP contribution is -2.38. The van der Waals surface area contributed by atoms with Crippen LogP contribution in [0.1, 0.15) is 32.3 Å². The summed E-state index contributed by atoms with van der Waals surface area (Å²) in [5, 5.41) is 9.81. The van der Waals surface area contributed by atoms with Crippen LogP contribution >= 0.6 is 11.8 Å². The second-order valence-electron chi connectivity index (χ2n) is 9.47. The second-order valence-corrected chi connectivity index (χ2v) is 10.6. The fraction of sp³-hybridized carbons (Fsp3) is 0.520. The van der Waals surface area contributed by atoms with Crippen molar-refractivity contribution < 1.29 is 13.2 Å². The quantitative estimate of drug-likeness (QED) is 0.300. The van der Waals surface area contributed by atoms with Crippen molar-refractivity contribution in [3.63, 3.8) is 0 Å². The van der Waals surface area contributed by atoms with Crippen LogP contribution in [0.25, 0.3) is 0 Å². The van der Waals surface area contributed by atoms with Crippen LogP contribution in [-0.4, -0.2) is 39.3 Å². The largest absolute Gasteiger partial charge is 0.416 e. The molecule has 2 heterocycles. The molecule has 2 unspecified atom stereocenters. The predicted molar refractivity (Wildman–Crippen MR) is 135 cm³/mol. The maximum Gasteiger partial charge on any atom is 0.416 e. The summed E-state index contributed by atoms with van der Waals surface area (Å²) in [7, 11) is 0. The SMILES string of the molecule is CC1CC(C)CN(c2ccc3c(c2)Sc2cc(C(F)(F)F)cc(NCCCNCCN)c2N3)C1. The van der Waals surface area contributed by atoms with Gasteiger partial charge in [-0.2, -0.15) is 13.2 Å². The van der Waals surface area contributed by atoms with Gasteiger partial charge in [-0.3, -0.25) is 0 Å². The maximum atomic E-state index is 13.7. The molecule has 0 saturated carbocycles. The van der Waals surface area contributed by atoms with Gasteiger partial charge in [-0.05, 0) is 61.6 Å². The molecule has 1 saturated heterocycles. The van der Waals surface area contributed by atoms with Crippen molar-refractivity contribution in [2.75, 3.05) is 54.8 Å². The zero-order valence-corrected chi connectivity index (χ0v) is 20.6. The van der Waals surface area contributed by atoms with Crippen molar-refractivity contribution in [3.8, 4) is 0 Å². The first-order chi connectivity index (χ1) is 16.2. The summed E-state index contributed by atoms with van der Waals surface area (Å²) in [4.78, 5) is 3.93. The Hall–Kier alpha value is -2.10. The molecule has 4 rings (SSSR count). The number of nitrogens with two attached hydrogens (primary N) is 1. The molecule has 186 valence electrons. The van der Waals surface area contributed by atoms with E-state index in [9.17, 15) is 13.2 Å². The smallest absolute Gasteiger partial charge is 0.383 e. The number of alkyl halides is 3. The first kappa shape index (κ1) is 25.0. The van der Waals surface area contributed by atoms with Gasteiger partial charge in [0, 0.05) is 48.2 Å². The fourth-order valence-corrected chi connectivity index (χ4v) is 5.91. The minimum atomic E-state index is -4.41. The highest BCUT2D eigenvalue weighted by Gasteiger charge is 2.33. The lowest BCUT2D eigenvalue weighted by molar-refractivity contribution is -0.137. The highest BCUT2D eigenvalue weighted by atomic mass is 32.2. The number of benzene rings is 2. The Labute approximate surface area is 204 Å². The Morgan fingerprint density at radius 2 is 1.82 bits per heavy atom. The first-order valence-electron chi connectivity index (χ1n) is 12.0. The molecular weight excluding hydrogens is 459 g/mol. The molecule has 2 aromatic rings. The third kappa shape index (κ3) is 5.93. The van der Waals surface area contributed by atoms with Crippen LogP contribution in [0.5, 0.6) is 0 Å². The molecule has 2 aliphatic heterocycles. The zero-order valence-electron chi connectivity index (χ0n) is 19.8. The molecule has 0 bridgehead atoms. The van der Waals surface area contributed by atoms with E-state index in [0.29, 0.717) is 41.2 Å². The van der Waals surface area contributed by atoms with Crippen molar-refractivity contribution in [1.82, 2.24) is 5.32 Å². The number of nitrogens with zero attached hydrogens (tertiary/aromatic N) is 1. The van der Waals surface area contributed by atoms with Crippen LogP contribution in [0.2, 0.25) is 0 Å². The number of rotatable bonds is 8. The van der Waals surface area contributed by atoms with Crippen molar-refractivity contribution in [2.45, 2.75) is 42.7 Å². The van der Waals surface area contributed by atoms with Crippen molar-refractivity contribution in [1.29, 1.82) is 0 Å². The summed E-state index contributed by atoms with van der Waals surface area (Å²) in [6.07, 6.45) is -2.40. The van der Waals surface area contributed by atoms with Crippen LogP contribution in [0.3, 0.4) is 0 Å². The van der Waals surface area contributed by atoms with Crippen LogP contribution in [0.4, 0.5) is 35.9 Å². The monoisotopic (exact) mass is 493 g/mol. The molecule has 0 radical (unpaired) electrons. The van der Waals surface area contributed by atoms with Gasteiger partial charge < -0.3 is 26.6 Å². The first-order valence-corrected chi connectivity index (χ1v) is 12.8. The van der Waals surface area contributed by atoms with E-state index in [1.54, 1.807) is 0 Å². The number of hydrogen-bond donors (Lipinski definition) is 4. The summed E-state index contributed by atoms with van der Waals surface area (Å²) >= 11 is 1.40. The van der Waals surface area contributed by atoms with Crippen LogP contribution < -0.4 is 26.6 Å². The van der Waals surface area contributed by atoms with Gasteiger partial charge in [0.25, 0.3) is 0 Å². The van der Waals surface area contributed by atoms with Gasteiger partial charge in [-0.15, -0.1) is 0 Å². The van der Waals surface area contributed by atoms with Crippen molar-refractivity contribution >= 4 is 34.5 Å². The molecule has 0 spiro atoms. The molecule has 2 aromatic carbocycles. The van der Waals surface area contributed by atoms with E-state index in [2.05, 4.69) is 46.8 Å². The predicted octanol–water partition coefficient (Wildman–Crippen LogP) is 5.75. The van der Waals surface area contributed by atoms with Crippen molar-refractivity contribution in [2.24, 2.45) is 17.6 Å². The molecule has 0 aliphatic carbocycles. The average Bonchev–Trinajstić information content (AvgIpc) is 2.78. The van der Waals surface area contributed by atoms with Gasteiger partial charge >= 0.3 is 6.18 Å². The molecule has 0 amide bonds. The van der Waals surface area contributed by atoms with Crippen LogP contribution in [0, 0.1) is 11.8 Å². The summed E-state index contributed by atoms with van der Waals surface area (Å²) in [6.45, 7) is 9.16. The summed E-state index contributed by atoms with van der Waals surface area (Å²) in [5.74, 6) is 1.25. The molecular formula is C25H34F3N5S. The molecule has 2 aliphatic rings. The standard InChI is InChI=1S/C25H34F3N5S/c1-16-10-17(2)15-33(14-16)19-4-5-20-22(13-19)34-23-12-18(25(26,27)28)11-21(24(23)32-20)31-8-3-7-30-9-6-29/h4-5,11-13,16-17,30-32H,3,6-10,14-15,29H2,1-2H3. The fourth-order valence-electron chi connectivity index (χ4n) is 4.81. The van der Waals surface area contributed by atoms with E-state index < -0.39 is 11.7 Å². The van der Waals surface area contributed by atoms with E-state index in [-0.39, 0.29) is 0 Å². The van der Waals surface area contributed by atoms with Gasteiger partial charge in [0.2, 0.25) is 0 Å². The molecule has 0 aromatic heterocycles. The normalized spacial score (nSPS) is 19.9. The van der Waals surface area contributed by atoms with Gasteiger partial charge in [-0.1, -0.05) is 25.6 Å². The number of fused-ring (bicyclic) bond motifs is 2. The van der Waals surface area contributed by atoms with E-state index in [1.807, 2.05) is 6.07 Å². The topological polar surface area (TPSA) is 65.3 Å². The highest BCUT2D eigenvalue weighted by molar-refractivity contribution is 7.99. The van der Waals surface area contributed by atoms with Crippen LogP contribution in [-0.2, 0) is 6.18 Å². The lowest BCUT2D eigenvalue weighted by atomic mass is 9.91. The highest BCUT2D eigenvalue weighted by Crippen LogP contribution is 2.50. The molecule has 5 nitrogen and oxygen atoms in total. The third-order valence-corrected chi connectivity index (χ3v) is 7.37. The minimum absolute atomic E-state index is 0.476. The van der Waals surface area contributed by atoms with E-state index in [1.165, 1.54) is 30.3 Å². The minimum Gasteiger partial charge on any atom is -0.383 e.